The molecule has 19 heavy (non-hydrogen) atoms. The van der Waals surface area contributed by atoms with Gasteiger partial charge in [0.2, 0.25) is 0 Å². The van der Waals surface area contributed by atoms with Crippen molar-refractivity contribution in [3.05, 3.63) is 21.7 Å². The van der Waals surface area contributed by atoms with Gasteiger partial charge >= 0.3 is 5.97 Å². The molecule has 0 bridgehead atoms. The maximum Gasteiger partial charge on any atom is 0.342 e. The first-order valence-electron chi connectivity index (χ1n) is 6.82. The molecular weight excluding hydrogens is 260 g/mol. The highest BCUT2D eigenvalue weighted by molar-refractivity contribution is 7.71. The number of H-pyrrole nitrogens is 1. The number of ether oxygens (including phenoxy) is 1. The van der Waals surface area contributed by atoms with Gasteiger partial charge in [-0.2, -0.15) is 0 Å². The summed E-state index contributed by atoms with van der Waals surface area (Å²) >= 11 is 5.24. The number of hydrogen-bond donors (Lipinski definition) is 1. The van der Waals surface area contributed by atoms with Crippen molar-refractivity contribution in [3.8, 4) is 0 Å². The van der Waals surface area contributed by atoms with Crippen molar-refractivity contribution >= 4 is 18.2 Å². The molecule has 5 heteroatoms. The summed E-state index contributed by atoms with van der Waals surface area (Å²) in [5.74, 6) is 0.949. The molecule has 1 N–H and O–H groups in total. The summed E-state index contributed by atoms with van der Waals surface area (Å²) in [4.78, 5) is 19.3. The monoisotopic (exact) mass is 280 g/mol. The lowest BCUT2D eigenvalue weighted by Gasteiger charge is -2.15. The van der Waals surface area contributed by atoms with E-state index in [1.165, 1.54) is 32.8 Å². The summed E-state index contributed by atoms with van der Waals surface area (Å²) in [5, 5.41) is 0. The Morgan fingerprint density at radius 1 is 1.32 bits per heavy atom. The van der Waals surface area contributed by atoms with Crippen molar-refractivity contribution < 1.29 is 9.53 Å². The summed E-state index contributed by atoms with van der Waals surface area (Å²) in [7, 11) is 1.36. The van der Waals surface area contributed by atoms with Crippen molar-refractivity contribution in [2.45, 2.75) is 51.4 Å². The molecular formula is C14H20N2O2S. The number of aromatic amines is 1. The third-order valence-corrected chi connectivity index (χ3v) is 4.05. The van der Waals surface area contributed by atoms with E-state index in [2.05, 4.69) is 9.97 Å². The Labute approximate surface area is 118 Å². The Bertz CT molecular complexity index is 517. The molecule has 1 aromatic heterocycles. The maximum atomic E-state index is 11.6. The van der Waals surface area contributed by atoms with Crippen molar-refractivity contribution in [1.82, 2.24) is 9.97 Å². The normalized spacial score (nSPS) is 16.9. The van der Waals surface area contributed by atoms with Crippen LogP contribution in [0.5, 0.6) is 0 Å². The summed E-state index contributed by atoms with van der Waals surface area (Å²) < 4.78 is 5.09. The number of nitrogens with one attached hydrogen (secondary N) is 1. The number of carbonyl (C=O) groups excluding carboxylic acids is 1. The molecule has 1 aliphatic rings. The minimum Gasteiger partial charge on any atom is -0.465 e. The van der Waals surface area contributed by atoms with Crippen LogP contribution in [0.2, 0.25) is 0 Å². The molecule has 0 spiro atoms. The predicted molar refractivity (Wildman–Crippen MR) is 75.9 cm³/mol. The first-order chi connectivity index (χ1) is 9.13. The molecule has 1 aromatic rings. The molecule has 1 saturated carbocycles. The lowest BCUT2D eigenvalue weighted by molar-refractivity contribution is 0.0598. The fourth-order valence-electron chi connectivity index (χ4n) is 2.70. The maximum absolute atomic E-state index is 11.6. The van der Waals surface area contributed by atoms with Crippen molar-refractivity contribution in [3.63, 3.8) is 0 Å². The minimum atomic E-state index is -0.418. The summed E-state index contributed by atoms with van der Waals surface area (Å²) in [6, 6.07) is 0. The minimum absolute atomic E-state index is 0.349. The molecule has 0 unspecified atom stereocenters. The average molecular weight is 280 g/mol. The molecule has 0 aromatic carbocycles. The summed E-state index contributed by atoms with van der Waals surface area (Å²) in [6.07, 6.45) is 7.38. The number of hydrogen-bond acceptors (Lipinski definition) is 4. The third-order valence-electron chi connectivity index (χ3n) is 3.76. The van der Waals surface area contributed by atoms with Crippen LogP contribution in [0.15, 0.2) is 0 Å². The largest absolute Gasteiger partial charge is 0.465 e. The van der Waals surface area contributed by atoms with Crippen molar-refractivity contribution in [2.24, 2.45) is 0 Å². The molecule has 1 aliphatic carbocycles. The van der Waals surface area contributed by atoms with Crippen molar-refractivity contribution in [1.29, 1.82) is 0 Å². The van der Waals surface area contributed by atoms with Crippen LogP contribution in [0.4, 0.5) is 0 Å². The van der Waals surface area contributed by atoms with Gasteiger partial charge in [-0.1, -0.05) is 37.9 Å². The third kappa shape index (κ3) is 3.21. The van der Waals surface area contributed by atoms with E-state index < -0.39 is 5.97 Å². The first-order valence-corrected chi connectivity index (χ1v) is 7.23. The SMILES string of the molecule is COC(=O)c1c(C)[nH]c(C2CCCCCC2)nc1=S. The summed E-state index contributed by atoms with van der Waals surface area (Å²) in [6.45, 7) is 1.85. The van der Waals surface area contributed by atoms with E-state index in [0.717, 1.165) is 24.4 Å². The molecule has 1 fully saturated rings. The zero-order valence-electron chi connectivity index (χ0n) is 11.5. The van der Waals surface area contributed by atoms with E-state index in [1.807, 2.05) is 6.92 Å². The Hall–Kier alpha value is -1.23. The smallest absolute Gasteiger partial charge is 0.342 e. The second-order valence-corrected chi connectivity index (χ2v) is 5.49. The zero-order chi connectivity index (χ0) is 13.8. The van der Waals surface area contributed by atoms with Gasteiger partial charge in [-0.25, -0.2) is 9.78 Å². The van der Waals surface area contributed by atoms with Crippen LogP contribution in [0.3, 0.4) is 0 Å². The first kappa shape index (κ1) is 14.2. The molecule has 0 aliphatic heterocycles. The van der Waals surface area contributed by atoms with Crippen LogP contribution in [0, 0.1) is 11.6 Å². The van der Waals surface area contributed by atoms with Crippen LogP contribution in [-0.4, -0.2) is 23.0 Å². The van der Waals surface area contributed by atoms with Crippen molar-refractivity contribution in [2.75, 3.05) is 7.11 Å². The highest BCUT2D eigenvalue weighted by atomic mass is 32.1. The average Bonchev–Trinajstić information content (AvgIpc) is 2.66. The number of rotatable bonds is 2. The fourth-order valence-corrected chi connectivity index (χ4v) is 3.03. The van der Waals surface area contributed by atoms with E-state index >= 15 is 0 Å². The van der Waals surface area contributed by atoms with Gasteiger partial charge in [0, 0.05) is 11.6 Å². The van der Waals surface area contributed by atoms with E-state index in [4.69, 9.17) is 17.0 Å². The van der Waals surface area contributed by atoms with Crippen LogP contribution in [0.1, 0.15) is 66.3 Å². The van der Waals surface area contributed by atoms with Gasteiger partial charge in [0.15, 0.2) is 0 Å². The zero-order valence-corrected chi connectivity index (χ0v) is 12.3. The van der Waals surface area contributed by atoms with Crippen LogP contribution in [-0.2, 0) is 4.74 Å². The number of carbonyl (C=O) groups is 1. The fraction of sp³-hybridized carbons (Fsp3) is 0.643. The van der Waals surface area contributed by atoms with E-state index in [0.29, 0.717) is 16.1 Å². The number of aromatic nitrogens is 2. The lowest BCUT2D eigenvalue weighted by atomic mass is 9.99. The predicted octanol–water partition coefficient (Wildman–Crippen LogP) is 3.67. The number of esters is 1. The standard InChI is InChI=1S/C14H20N2O2S/c1-9-11(14(17)18-2)13(19)16-12(15-9)10-7-5-3-4-6-8-10/h10H,3-8H2,1-2H3,(H,15,16,19). The van der Waals surface area contributed by atoms with Gasteiger partial charge < -0.3 is 9.72 Å². The molecule has 0 amide bonds. The number of aryl methyl sites for hydroxylation is 1. The van der Waals surface area contributed by atoms with Crippen LogP contribution in [0.25, 0.3) is 0 Å². The Kier molecular flexibility index (Phi) is 4.69. The molecule has 0 atom stereocenters. The van der Waals surface area contributed by atoms with Gasteiger partial charge in [0.1, 0.15) is 16.0 Å². The lowest BCUT2D eigenvalue weighted by Crippen LogP contribution is -2.12. The van der Waals surface area contributed by atoms with E-state index in [9.17, 15) is 4.79 Å². The topological polar surface area (TPSA) is 55.0 Å². The van der Waals surface area contributed by atoms with E-state index in [-0.39, 0.29) is 0 Å². The van der Waals surface area contributed by atoms with Gasteiger partial charge in [-0.15, -0.1) is 0 Å². The summed E-state index contributed by atoms with van der Waals surface area (Å²) in [5.41, 5.74) is 1.14. The highest BCUT2D eigenvalue weighted by Gasteiger charge is 2.20. The van der Waals surface area contributed by atoms with Gasteiger partial charge in [-0.3, -0.25) is 0 Å². The Morgan fingerprint density at radius 2 is 1.95 bits per heavy atom. The second-order valence-electron chi connectivity index (χ2n) is 5.11. The Balaban J connectivity index is 2.33. The molecule has 2 rings (SSSR count). The second kappa shape index (κ2) is 6.28. The van der Waals surface area contributed by atoms with Gasteiger partial charge in [0.25, 0.3) is 0 Å². The highest BCUT2D eigenvalue weighted by Crippen LogP contribution is 2.30. The van der Waals surface area contributed by atoms with Gasteiger partial charge in [0.05, 0.1) is 7.11 Å². The van der Waals surface area contributed by atoms with E-state index in [1.54, 1.807) is 0 Å². The molecule has 0 saturated heterocycles. The number of methoxy groups -OCH3 is 1. The van der Waals surface area contributed by atoms with Crippen LogP contribution >= 0.6 is 12.2 Å². The van der Waals surface area contributed by atoms with Gasteiger partial charge in [-0.05, 0) is 19.8 Å². The molecule has 104 valence electrons. The molecule has 4 nitrogen and oxygen atoms in total. The Morgan fingerprint density at radius 3 is 2.47 bits per heavy atom. The van der Waals surface area contributed by atoms with Crippen LogP contribution < -0.4 is 0 Å². The molecule has 1 heterocycles. The quantitative estimate of drug-likeness (QED) is 0.510. The molecule has 0 radical (unpaired) electrons. The number of nitrogens with zero attached hydrogens (tertiary/aromatic N) is 1.